The van der Waals surface area contributed by atoms with Crippen molar-refractivity contribution in [3.8, 4) is 17.2 Å². The normalized spacial score (nSPS) is 13.9. The van der Waals surface area contributed by atoms with Crippen LogP contribution in [0.5, 0.6) is 17.2 Å². The average Bonchev–Trinajstić information content (AvgIpc) is 3.11. The first kappa shape index (κ1) is 43.1. The van der Waals surface area contributed by atoms with Crippen LogP contribution in [0.1, 0.15) is 60.2 Å². The zero-order valence-electron chi connectivity index (χ0n) is 30.3. The largest absolute Gasteiger partial charge is 0.495 e. The van der Waals surface area contributed by atoms with Crippen LogP contribution in [0.15, 0.2) is 66.7 Å². The number of nitrogens with zero attached hydrogens (tertiary/aromatic N) is 3. The van der Waals surface area contributed by atoms with Crippen molar-refractivity contribution in [1.82, 2.24) is 9.80 Å². The summed E-state index contributed by atoms with van der Waals surface area (Å²) in [5, 5.41) is 2.89. The molecular weight excluding hydrogens is 693 g/mol. The fourth-order valence-corrected chi connectivity index (χ4v) is 5.64. The van der Waals surface area contributed by atoms with Gasteiger partial charge in [0.25, 0.3) is 11.8 Å². The van der Waals surface area contributed by atoms with Gasteiger partial charge >= 0.3 is 0 Å². The number of para-hydroxylation sites is 3. The molecular formula is C38H53Cl2N5O6. The number of carbonyl (C=O) groups excluding carboxylic acids is 3. The molecule has 1 heterocycles. The summed E-state index contributed by atoms with van der Waals surface area (Å²) < 4.78 is 17.7. The molecule has 3 aromatic carbocycles. The van der Waals surface area contributed by atoms with E-state index in [9.17, 15) is 14.4 Å². The third kappa shape index (κ3) is 12.3. The van der Waals surface area contributed by atoms with Crippen molar-refractivity contribution in [3.05, 3.63) is 77.9 Å². The van der Waals surface area contributed by atoms with Gasteiger partial charge in [0.05, 0.1) is 36.8 Å². The van der Waals surface area contributed by atoms with E-state index in [-0.39, 0.29) is 48.6 Å². The number of hydrogen-bond donors (Lipinski definition) is 2. The van der Waals surface area contributed by atoms with E-state index in [0.717, 1.165) is 39.0 Å². The number of anilines is 2. The second kappa shape index (κ2) is 21.4. The number of likely N-dealkylation sites (N-methyl/N-ethyl adjacent to an activating group) is 1. The first-order valence-electron chi connectivity index (χ1n) is 17.0. The summed E-state index contributed by atoms with van der Waals surface area (Å²) >= 11 is 0. The molecule has 13 heteroatoms. The number of methoxy groups -OCH3 is 1. The van der Waals surface area contributed by atoms with Gasteiger partial charge in [0, 0.05) is 45.2 Å². The lowest BCUT2D eigenvalue weighted by Gasteiger charge is -2.32. The lowest BCUT2D eigenvalue weighted by atomic mass is 10.0. The Kier molecular flexibility index (Phi) is 18.1. The van der Waals surface area contributed by atoms with E-state index in [4.69, 9.17) is 19.9 Å². The Morgan fingerprint density at radius 3 is 2.24 bits per heavy atom. The molecule has 3 N–H and O–H groups in total. The average molecular weight is 747 g/mol. The third-order valence-electron chi connectivity index (χ3n) is 8.84. The van der Waals surface area contributed by atoms with Crippen LogP contribution in [-0.2, 0) is 4.79 Å². The molecule has 0 aliphatic carbocycles. The molecule has 11 nitrogen and oxygen atoms in total. The zero-order chi connectivity index (χ0) is 35.3. The van der Waals surface area contributed by atoms with Gasteiger partial charge < -0.3 is 40.0 Å². The van der Waals surface area contributed by atoms with E-state index in [0.29, 0.717) is 71.7 Å². The summed E-state index contributed by atoms with van der Waals surface area (Å²) in [5.74, 6) is 1.29. The van der Waals surface area contributed by atoms with Crippen molar-refractivity contribution in [2.24, 2.45) is 11.7 Å². The molecule has 51 heavy (non-hydrogen) atoms. The summed E-state index contributed by atoms with van der Waals surface area (Å²) in [6, 6.07) is 19.3. The molecule has 1 fully saturated rings. The maximum absolute atomic E-state index is 13.7. The molecule has 2 atom stereocenters. The molecule has 0 spiro atoms. The van der Waals surface area contributed by atoms with Crippen LogP contribution in [0, 0.1) is 5.92 Å². The van der Waals surface area contributed by atoms with Crippen LogP contribution in [-0.4, -0.2) is 94.2 Å². The van der Waals surface area contributed by atoms with Gasteiger partial charge in [-0.1, -0.05) is 31.2 Å². The lowest BCUT2D eigenvalue weighted by Crippen LogP contribution is -2.47. The number of carbonyl (C=O) groups is 3. The van der Waals surface area contributed by atoms with Gasteiger partial charge in [0.15, 0.2) is 0 Å². The minimum Gasteiger partial charge on any atom is -0.495 e. The minimum absolute atomic E-state index is 0. The van der Waals surface area contributed by atoms with E-state index in [1.807, 2.05) is 42.2 Å². The van der Waals surface area contributed by atoms with Gasteiger partial charge in [-0.15, -0.1) is 24.8 Å². The van der Waals surface area contributed by atoms with Crippen molar-refractivity contribution in [2.45, 2.75) is 45.6 Å². The van der Waals surface area contributed by atoms with Gasteiger partial charge in [-0.05, 0) is 88.2 Å². The molecule has 280 valence electrons. The maximum Gasteiger partial charge on any atom is 0.259 e. The number of benzene rings is 3. The van der Waals surface area contributed by atoms with Gasteiger partial charge in [0.2, 0.25) is 5.91 Å². The van der Waals surface area contributed by atoms with Crippen LogP contribution in [0.3, 0.4) is 0 Å². The number of nitrogens with one attached hydrogen (secondary N) is 1. The van der Waals surface area contributed by atoms with Crippen LogP contribution in [0.2, 0.25) is 0 Å². The smallest absolute Gasteiger partial charge is 0.259 e. The van der Waals surface area contributed by atoms with Crippen LogP contribution in [0.4, 0.5) is 11.4 Å². The van der Waals surface area contributed by atoms with Crippen molar-refractivity contribution < 1.29 is 28.6 Å². The van der Waals surface area contributed by atoms with E-state index < -0.39 is 0 Å². The monoisotopic (exact) mass is 745 g/mol. The summed E-state index contributed by atoms with van der Waals surface area (Å²) in [4.78, 5) is 45.3. The third-order valence-corrected chi connectivity index (χ3v) is 8.84. The quantitative estimate of drug-likeness (QED) is 0.179. The minimum atomic E-state index is -0.368. The second-order valence-electron chi connectivity index (χ2n) is 12.7. The number of nitrogens with two attached hydrogens (primary N) is 1. The van der Waals surface area contributed by atoms with Crippen molar-refractivity contribution in [1.29, 1.82) is 0 Å². The first-order valence-corrected chi connectivity index (χ1v) is 17.0. The zero-order valence-corrected chi connectivity index (χ0v) is 31.9. The predicted octanol–water partition coefficient (Wildman–Crippen LogP) is 6.14. The molecule has 0 radical (unpaired) electrons. The van der Waals surface area contributed by atoms with Gasteiger partial charge in [0.1, 0.15) is 17.2 Å². The predicted molar refractivity (Wildman–Crippen MR) is 207 cm³/mol. The van der Waals surface area contributed by atoms with Crippen LogP contribution >= 0.6 is 24.8 Å². The summed E-state index contributed by atoms with van der Waals surface area (Å²) in [7, 11) is 5.26. The van der Waals surface area contributed by atoms with Gasteiger partial charge in [-0.2, -0.15) is 0 Å². The van der Waals surface area contributed by atoms with Crippen molar-refractivity contribution in [2.75, 3.05) is 70.8 Å². The van der Waals surface area contributed by atoms with E-state index in [2.05, 4.69) is 24.2 Å². The molecule has 1 aliphatic rings. The molecule has 1 saturated heterocycles. The Labute approximate surface area is 314 Å². The highest BCUT2D eigenvalue weighted by atomic mass is 35.5. The fourth-order valence-electron chi connectivity index (χ4n) is 5.64. The number of amides is 3. The SMILES string of the molecule is COc1cc(C(=O)N(C)c2ccccc2OCCC(C)CCC(=O)N2CCN(C)CC2)ccc1NC(=O)c1ccccc1OC(C)CCN.Cl.Cl. The molecule has 0 bridgehead atoms. The summed E-state index contributed by atoms with van der Waals surface area (Å²) in [5.41, 5.74) is 7.45. The summed E-state index contributed by atoms with van der Waals surface area (Å²) in [6.45, 7) is 8.42. The number of ether oxygens (including phenoxy) is 3. The molecule has 1 aliphatic heterocycles. The van der Waals surface area contributed by atoms with Crippen molar-refractivity contribution in [3.63, 3.8) is 0 Å². The van der Waals surface area contributed by atoms with E-state index in [1.54, 1.807) is 43.4 Å². The van der Waals surface area contributed by atoms with E-state index in [1.165, 1.54) is 12.0 Å². The Morgan fingerprint density at radius 1 is 0.882 bits per heavy atom. The van der Waals surface area contributed by atoms with E-state index >= 15 is 0 Å². The molecule has 4 rings (SSSR count). The Morgan fingerprint density at radius 2 is 1.55 bits per heavy atom. The standard InChI is InChI=1S/C38H51N5O6.2ClH/c1-27(14-17-36(44)43-23-21-41(3)22-24-43)19-25-48-34-13-9-7-11-32(34)42(4)38(46)29-15-16-31(35(26-29)47-5)40-37(45)30-10-6-8-12-33(30)49-28(2)18-20-39;;/h6-13,15-16,26-28H,14,17-25,39H2,1-5H3,(H,40,45);2*1H. The van der Waals surface area contributed by atoms with Crippen LogP contribution < -0.4 is 30.2 Å². The molecule has 0 saturated carbocycles. The maximum atomic E-state index is 13.7. The topological polar surface area (TPSA) is 127 Å². The number of hydrogen-bond acceptors (Lipinski definition) is 8. The van der Waals surface area contributed by atoms with Crippen molar-refractivity contribution >= 4 is 53.9 Å². The number of halogens is 2. The second-order valence-corrected chi connectivity index (χ2v) is 12.7. The lowest BCUT2D eigenvalue weighted by molar-refractivity contribution is -0.133. The Hall–Kier alpha value is -4.03. The fraction of sp³-hybridized carbons (Fsp3) is 0.447. The highest BCUT2D eigenvalue weighted by molar-refractivity contribution is 6.09. The first-order chi connectivity index (χ1) is 23.6. The Balaban J connectivity index is 0.00000451. The molecule has 2 unspecified atom stereocenters. The van der Waals surface area contributed by atoms with Gasteiger partial charge in [-0.25, -0.2) is 0 Å². The van der Waals surface area contributed by atoms with Gasteiger partial charge in [-0.3, -0.25) is 14.4 Å². The highest BCUT2D eigenvalue weighted by Gasteiger charge is 2.22. The number of rotatable bonds is 16. The number of piperazine rings is 1. The molecule has 3 amide bonds. The molecule has 0 aromatic heterocycles. The Bertz CT molecular complexity index is 1570. The molecule has 3 aromatic rings. The highest BCUT2D eigenvalue weighted by Crippen LogP contribution is 2.32. The summed E-state index contributed by atoms with van der Waals surface area (Å²) in [6.07, 6.45) is 2.64. The van der Waals surface area contributed by atoms with Crippen LogP contribution in [0.25, 0.3) is 0 Å².